The number of nitrogens with zero attached hydrogens (tertiary/aromatic N) is 2. The quantitative estimate of drug-likeness (QED) is 0.829. The standard InChI is InChI=1S/C13H22N2OS/c1-13(2,3)10-7-15(4)8-11(10)16-9-12-14-5-6-17-12/h5-6,10-11H,7-9H2,1-4H3/t10?,11-/m0/s1. The van der Waals surface area contributed by atoms with E-state index in [2.05, 4.69) is 37.7 Å². The first-order valence-electron chi connectivity index (χ1n) is 6.15. The molecule has 1 saturated heterocycles. The molecule has 1 unspecified atom stereocenters. The highest BCUT2D eigenvalue weighted by Crippen LogP contribution is 2.35. The molecule has 1 aromatic heterocycles. The van der Waals surface area contributed by atoms with E-state index in [0.29, 0.717) is 24.0 Å². The van der Waals surface area contributed by atoms with Crippen molar-refractivity contribution in [1.82, 2.24) is 9.88 Å². The van der Waals surface area contributed by atoms with E-state index in [1.165, 1.54) is 0 Å². The molecule has 0 aromatic carbocycles. The second-order valence-corrected chi connectivity index (χ2v) is 6.95. The van der Waals surface area contributed by atoms with Gasteiger partial charge in [0.05, 0.1) is 12.7 Å². The third-order valence-electron chi connectivity index (χ3n) is 3.47. The molecule has 0 N–H and O–H groups in total. The van der Waals surface area contributed by atoms with Gasteiger partial charge in [-0.05, 0) is 12.5 Å². The molecule has 0 amide bonds. The van der Waals surface area contributed by atoms with Gasteiger partial charge in [-0.3, -0.25) is 0 Å². The number of likely N-dealkylation sites (N-methyl/N-ethyl adjacent to an activating group) is 1. The van der Waals surface area contributed by atoms with Gasteiger partial charge in [0.15, 0.2) is 0 Å². The third kappa shape index (κ3) is 3.27. The number of hydrogen-bond donors (Lipinski definition) is 0. The zero-order valence-corrected chi connectivity index (χ0v) is 12.0. The van der Waals surface area contributed by atoms with Gasteiger partial charge >= 0.3 is 0 Å². The summed E-state index contributed by atoms with van der Waals surface area (Å²) < 4.78 is 6.06. The average Bonchev–Trinajstić information content (AvgIpc) is 2.82. The van der Waals surface area contributed by atoms with Gasteiger partial charge in [0.2, 0.25) is 0 Å². The summed E-state index contributed by atoms with van der Waals surface area (Å²) in [6, 6.07) is 0. The topological polar surface area (TPSA) is 25.4 Å². The van der Waals surface area contributed by atoms with Crippen LogP contribution in [0.2, 0.25) is 0 Å². The second-order valence-electron chi connectivity index (χ2n) is 5.97. The fourth-order valence-corrected chi connectivity index (χ4v) is 3.00. The highest BCUT2D eigenvalue weighted by Gasteiger charge is 2.39. The van der Waals surface area contributed by atoms with E-state index in [1.54, 1.807) is 11.3 Å². The Morgan fingerprint density at radius 3 is 2.82 bits per heavy atom. The van der Waals surface area contributed by atoms with Crippen LogP contribution in [0.3, 0.4) is 0 Å². The van der Waals surface area contributed by atoms with Gasteiger partial charge in [0.25, 0.3) is 0 Å². The molecule has 0 radical (unpaired) electrons. The average molecular weight is 254 g/mol. The summed E-state index contributed by atoms with van der Waals surface area (Å²) in [6.45, 7) is 9.73. The zero-order chi connectivity index (χ0) is 12.5. The minimum Gasteiger partial charge on any atom is -0.369 e. The monoisotopic (exact) mass is 254 g/mol. The Morgan fingerprint density at radius 1 is 1.47 bits per heavy atom. The second kappa shape index (κ2) is 5.04. The summed E-state index contributed by atoms with van der Waals surface area (Å²) in [4.78, 5) is 6.63. The molecule has 96 valence electrons. The summed E-state index contributed by atoms with van der Waals surface area (Å²) in [7, 11) is 2.17. The molecule has 2 rings (SSSR count). The van der Waals surface area contributed by atoms with Crippen molar-refractivity contribution in [3.8, 4) is 0 Å². The van der Waals surface area contributed by atoms with Gasteiger partial charge in [-0.1, -0.05) is 20.8 Å². The molecule has 2 atom stereocenters. The van der Waals surface area contributed by atoms with Crippen molar-refractivity contribution in [2.75, 3.05) is 20.1 Å². The molecule has 2 heterocycles. The summed E-state index contributed by atoms with van der Waals surface area (Å²) >= 11 is 1.67. The minimum atomic E-state index is 0.304. The van der Waals surface area contributed by atoms with Crippen LogP contribution in [0, 0.1) is 11.3 Å². The lowest BCUT2D eigenvalue weighted by Gasteiger charge is -2.31. The van der Waals surface area contributed by atoms with Crippen LogP contribution in [-0.2, 0) is 11.3 Å². The van der Waals surface area contributed by atoms with Crippen LogP contribution < -0.4 is 0 Å². The van der Waals surface area contributed by atoms with Crippen LogP contribution in [0.1, 0.15) is 25.8 Å². The molecule has 1 fully saturated rings. The van der Waals surface area contributed by atoms with E-state index < -0.39 is 0 Å². The summed E-state index contributed by atoms with van der Waals surface area (Å²) in [5.41, 5.74) is 0.304. The molecular formula is C13H22N2OS. The van der Waals surface area contributed by atoms with Crippen molar-refractivity contribution in [1.29, 1.82) is 0 Å². The lowest BCUT2D eigenvalue weighted by atomic mass is 9.79. The first-order chi connectivity index (χ1) is 7.97. The van der Waals surface area contributed by atoms with Crippen LogP contribution in [0.5, 0.6) is 0 Å². The van der Waals surface area contributed by atoms with E-state index in [0.717, 1.165) is 18.1 Å². The Labute approximate surface area is 108 Å². The van der Waals surface area contributed by atoms with Crippen molar-refractivity contribution >= 4 is 11.3 Å². The molecule has 4 heteroatoms. The highest BCUT2D eigenvalue weighted by molar-refractivity contribution is 7.09. The number of rotatable bonds is 3. The van der Waals surface area contributed by atoms with Gasteiger partial charge in [-0.15, -0.1) is 11.3 Å². The Hall–Kier alpha value is -0.450. The van der Waals surface area contributed by atoms with Crippen molar-refractivity contribution in [2.24, 2.45) is 11.3 Å². The Kier molecular flexibility index (Phi) is 3.85. The van der Waals surface area contributed by atoms with E-state index in [-0.39, 0.29) is 0 Å². The fourth-order valence-electron chi connectivity index (χ4n) is 2.47. The molecular weight excluding hydrogens is 232 g/mol. The lowest BCUT2D eigenvalue weighted by molar-refractivity contribution is -0.00634. The van der Waals surface area contributed by atoms with Crippen LogP contribution in [0.4, 0.5) is 0 Å². The molecule has 0 bridgehead atoms. The summed E-state index contributed by atoms with van der Waals surface area (Å²) in [5.74, 6) is 0.604. The maximum atomic E-state index is 6.06. The SMILES string of the molecule is CN1CC(C(C)(C)C)[C@@H](OCc2nccs2)C1. The molecule has 1 aromatic rings. The molecule has 0 aliphatic carbocycles. The number of ether oxygens (including phenoxy) is 1. The van der Waals surface area contributed by atoms with Crippen LogP contribution >= 0.6 is 11.3 Å². The van der Waals surface area contributed by atoms with E-state index in [4.69, 9.17) is 4.74 Å². The maximum absolute atomic E-state index is 6.06. The Bertz CT molecular complexity index is 345. The largest absolute Gasteiger partial charge is 0.369 e. The van der Waals surface area contributed by atoms with Gasteiger partial charge in [0.1, 0.15) is 5.01 Å². The van der Waals surface area contributed by atoms with Gasteiger partial charge in [0, 0.05) is 30.6 Å². The van der Waals surface area contributed by atoms with Crippen molar-refractivity contribution in [2.45, 2.75) is 33.5 Å². The van der Waals surface area contributed by atoms with Crippen LogP contribution in [-0.4, -0.2) is 36.1 Å². The zero-order valence-electron chi connectivity index (χ0n) is 11.1. The molecule has 17 heavy (non-hydrogen) atoms. The highest BCUT2D eigenvalue weighted by atomic mass is 32.1. The molecule has 0 saturated carbocycles. The van der Waals surface area contributed by atoms with Crippen molar-refractivity contribution < 1.29 is 4.74 Å². The predicted molar refractivity (Wildman–Crippen MR) is 71.1 cm³/mol. The van der Waals surface area contributed by atoms with Gasteiger partial charge in [-0.2, -0.15) is 0 Å². The summed E-state index contributed by atoms with van der Waals surface area (Å²) in [5, 5.41) is 3.08. The number of aromatic nitrogens is 1. The molecule has 1 aliphatic heterocycles. The Morgan fingerprint density at radius 2 is 2.24 bits per heavy atom. The smallest absolute Gasteiger partial charge is 0.118 e. The maximum Gasteiger partial charge on any atom is 0.118 e. The number of likely N-dealkylation sites (tertiary alicyclic amines) is 1. The van der Waals surface area contributed by atoms with E-state index >= 15 is 0 Å². The van der Waals surface area contributed by atoms with Crippen LogP contribution in [0.25, 0.3) is 0 Å². The lowest BCUT2D eigenvalue weighted by Crippen LogP contribution is -2.32. The Balaban J connectivity index is 1.94. The normalized spacial score (nSPS) is 26.6. The van der Waals surface area contributed by atoms with E-state index in [9.17, 15) is 0 Å². The van der Waals surface area contributed by atoms with Gasteiger partial charge in [-0.25, -0.2) is 4.98 Å². The molecule has 0 spiro atoms. The predicted octanol–water partition coefficient (Wildman–Crippen LogP) is 2.64. The number of thiazole rings is 1. The first kappa shape index (κ1) is 13.0. The van der Waals surface area contributed by atoms with Gasteiger partial charge < -0.3 is 9.64 Å². The van der Waals surface area contributed by atoms with Crippen molar-refractivity contribution in [3.63, 3.8) is 0 Å². The molecule has 1 aliphatic rings. The third-order valence-corrected chi connectivity index (χ3v) is 4.22. The molecule has 3 nitrogen and oxygen atoms in total. The van der Waals surface area contributed by atoms with Crippen molar-refractivity contribution in [3.05, 3.63) is 16.6 Å². The number of hydrogen-bond acceptors (Lipinski definition) is 4. The van der Waals surface area contributed by atoms with Crippen LogP contribution in [0.15, 0.2) is 11.6 Å². The fraction of sp³-hybridized carbons (Fsp3) is 0.769. The summed E-state index contributed by atoms with van der Waals surface area (Å²) in [6.07, 6.45) is 2.18. The van der Waals surface area contributed by atoms with E-state index in [1.807, 2.05) is 11.6 Å². The first-order valence-corrected chi connectivity index (χ1v) is 7.03. The minimum absolute atomic E-state index is 0.304.